The van der Waals surface area contributed by atoms with E-state index in [1.165, 1.54) is 0 Å². The van der Waals surface area contributed by atoms with E-state index in [0.717, 1.165) is 11.3 Å². The fourth-order valence-corrected chi connectivity index (χ4v) is 2.92. The maximum atomic E-state index is 12.3. The topological polar surface area (TPSA) is 104 Å². The summed E-state index contributed by atoms with van der Waals surface area (Å²) in [5.41, 5.74) is 1.28. The molecule has 0 saturated carbocycles. The number of guanidine groups is 1. The van der Waals surface area contributed by atoms with Crippen molar-refractivity contribution in [3.63, 3.8) is 0 Å². The second-order valence-electron chi connectivity index (χ2n) is 7.39. The Hall–Kier alpha value is -3.26. The van der Waals surface area contributed by atoms with Crippen LogP contribution in [0.4, 0.5) is 0 Å². The van der Waals surface area contributed by atoms with E-state index in [1.807, 2.05) is 45.0 Å². The zero-order valence-corrected chi connectivity index (χ0v) is 19.2. The maximum Gasteiger partial charge on any atom is 0.251 e. The summed E-state index contributed by atoms with van der Waals surface area (Å²) in [7, 11) is 1.57. The largest absolute Gasteiger partial charge is 0.497 e. The molecule has 0 aliphatic carbocycles. The molecule has 0 aliphatic heterocycles. The molecule has 0 aromatic heterocycles. The maximum absolute atomic E-state index is 12.3. The van der Waals surface area contributed by atoms with Gasteiger partial charge in [0.15, 0.2) is 5.96 Å². The highest BCUT2D eigenvalue weighted by Gasteiger charge is 2.10. The molecule has 4 N–H and O–H groups in total. The Morgan fingerprint density at radius 3 is 2.47 bits per heavy atom. The smallest absolute Gasteiger partial charge is 0.251 e. The van der Waals surface area contributed by atoms with Crippen molar-refractivity contribution in [2.75, 3.05) is 33.3 Å². The molecule has 8 nitrogen and oxygen atoms in total. The highest BCUT2D eigenvalue weighted by atomic mass is 16.5. The quantitative estimate of drug-likeness (QED) is 0.242. The second-order valence-corrected chi connectivity index (χ2v) is 7.39. The summed E-state index contributed by atoms with van der Waals surface area (Å²) >= 11 is 0. The van der Waals surface area contributed by atoms with Gasteiger partial charge in [-0.25, -0.2) is 0 Å². The van der Waals surface area contributed by atoms with E-state index in [2.05, 4.69) is 20.9 Å². The molecule has 174 valence electrons. The van der Waals surface area contributed by atoms with Crippen LogP contribution in [-0.2, 0) is 0 Å². The first kappa shape index (κ1) is 25.0. The third kappa shape index (κ3) is 8.47. The van der Waals surface area contributed by atoms with Crippen LogP contribution in [0.5, 0.6) is 11.5 Å². The number of amides is 1. The van der Waals surface area contributed by atoms with E-state index < -0.39 is 6.10 Å². The Labute approximate surface area is 190 Å². The molecule has 0 radical (unpaired) electrons. The Morgan fingerprint density at radius 2 is 1.75 bits per heavy atom. The number of aliphatic hydroxyl groups is 1. The van der Waals surface area contributed by atoms with Crippen LogP contribution in [0.25, 0.3) is 0 Å². The van der Waals surface area contributed by atoms with Crippen LogP contribution >= 0.6 is 0 Å². The van der Waals surface area contributed by atoms with Gasteiger partial charge in [0.25, 0.3) is 5.91 Å². The average Bonchev–Trinajstić information content (AvgIpc) is 2.79. The first-order chi connectivity index (χ1) is 15.4. The van der Waals surface area contributed by atoms with Crippen LogP contribution in [0.3, 0.4) is 0 Å². The number of aliphatic hydroxyl groups excluding tert-OH is 1. The summed E-state index contributed by atoms with van der Waals surface area (Å²) in [6, 6.07) is 14.4. The van der Waals surface area contributed by atoms with Gasteiger partial charge in [-0.15, -0.1) is 0 Å². The highest BCUT2D eigenvalue weighted by Crippen LogP contribution is 2.20. The molecule has 0 fully saturated rings. The molecule has 8 heteroatoms. The molecule has 32 heavy (non-hydrogen) atoms. The monoisotopic (exact) mass is 442 g/mol. The fraction of sp³-hybridized carbons (Fsp3) is 0.417. The average molecular weight is 443 g/mol. The SMILES string of the molecule is CCNC(=NCC(O)c1cccc(OC(C)C)c1)NCCNC(=O)c1cccc(OC)c1. The molecule has 0 heterocycles. The van der Waals surface area contributed by atoms with Crippen molar-refractivity contribution in [3.05, 3.63) is 59.7 Å². The lowest BCUT2D eigenvalue weighted by molar-refractivity contribution is 0.0954. The van der Waals surface area contributed by atoms with Gasteiger partial charge in [-0.05, 0) is 56.7 Å². The fourth-order valence-electron chi connectivity index (χ4n) is 2.92. The van der Waals surface area contributed by atoms with Gasteiger partial charge in [0.2, 0.25) is 0 Å². The summed E-state index contributed by atoms with van der Waals surface area (Å²) in [5, 5.41) is 19.7. The molecule has 1 amide bonds. The summed E-state index contributed by atoms with van der Waals surface area (Å²) < 4.78 is 10.8. The number of carbonyl (C=O) groups excluding carboxylic acids is 1. The molecule has 1 atom stereocenters. The molecule has 2 rings (SSSR count). The highest BCUT2D eigenvalue weighted by molar-refractivity contribution is 5.94. The van der Waals surface area contributed by atoms with Crippen LogP contribution in [0.15, 0.2) is 53.5 Å². The molecule has 0 spiro atoms. The molecule has 2 aromatic carbocycles. The molecular weight excluding hydrogens is 408 g/mol. The number of methoxy groups -OCH3 is 1. The van der Waals surface area contributed by atoms with E-state index in [1.54, 1.807) is 31.4 Å². The Morgan fingerprint density at radius 1 is 1.03 bits per heavy atom. The predicted octanol–water partition coefficient (Wildman–Crippen LogP) is 2.50. The summed E-state index contributed by atoms with van der Waals surface area (Å²) in [5.74, 6) is 1.75. The minimum absolute atomic E-state index is 0.0642. The van der Waals surface area contributed by atoms with Crippen molar-refractivity contribution in [1.29, 1.82) is 0 Å². The van der Waals surface area contributed by atoms with Crippen molar-refractivity contribution in [3.8, 4) is 11.5 Å². The molecule has 0 bridgehead atoms. The third-order valence-corrected chi connectivity index (χ3v) is 4.42. The molecule has 0 aliphatic rings. The van der Waals surface area contributed by atoms with Crippen LogP contribution in [0.1, 0.15) is 42.8 Å². The van der Waals surface area contributed by atoms with Crippen LogP contribution < -0.4 is 25.4 Å². The van der Waals surface area contributed by atoms with Gasteiger partial charge < -0.3 is 30.5 Å². The van der Waals surface area contributed by atoms with E-state index in [9.17, 15) is 9.90 Å². The van der Waals surface area contributed by atoms with Gasteiger partial charge in [-0.1, -0.05) is 18.2 Å². The minimum Gasteiger partial charge on any atom is -0.497 e. The first-order valence-corrected chi connectivity index (χ1v) is 10.8. The first-order valence-electron chi connectivity index (χ1n) is 10.8. The standard InChI is InChI=1S/C24H34N4O4/c1-5-25-24(27-13-12-26-23(30)19-9-7-10-20(15-19)31-4)28-16-22(29)18-8-6-11-21(14-18)32-17(2)3/h6-11,14-15,17,22,29H,5,12-13,16H2,1-4H3,(H,26,30)(H2,25,27,28). The lowest BCUT2D eigenvalue weighted by Gasteiger charge is -2.15. The van der Waals surface area contributed by atoms with Gasteiger partial charge in [0.05, 0.1) is 25.9 Å². The van der Waals surface area contributed by atoms with Crippen molar-refractivity contribution in [2.24, 2.45) is 4.99 Å². The van der Waals surface area contributed by atoms with E-state index in [0.29, 0.717) is 36.9 Å². The molecular formula is C24H34N4O4. The van der Waals surface area contributed by atoms with Crippen molar-refractivity contribution < 1.29 is 19.4 Å². The van der Waals surface area contributed by atoms with Gasteiger partial charge >= 0.3 is 0 Å². The summed E-state index contributed by atoms with van der Waals surface area (Å²) in [6.45, 7) is 7.64. The van der Waals surface area contributed by atoms with Crippen LogP contribution in [-0.4, -0.2) is 56.4 Å². The number of rotatable bonds is 11. The minimum atomic E-state index is -0.756. The number of ether oxygens (including phenoxy) is 2. The number of hydrogen-bond donors (Lipinski definition) is 4. The third-order valence-electron chi connectivity index (χ3n) is 4.42. The van der Waals surface area contributed by atoms with Crippen molar-refractivity contribution in [1.82, 2.24) is 16.0 Å². The number of carbonyl (C=O) groups is 1. The normalized spacial score (nSPS) is 12.2. The summed E-state index contributed by atoms with van der Waals surface area (Å²) in [4.78, 5) is 16.7. The molecule has 2 aromatic rings. The number of nitrogens with one attached hydrogen (secondary N) is 3. The lowest BCUT2D eigenvalue weighted by atomic mass is 10.1. The van der Waals surface area contributed by atoms with Gasteiger partial charge in [-0.3, -0.25) is 9.79 Å². The van der Waals surface area contributed by atoms with Crippen molar-refractivity contribution >= 4 is 11.9 Å². The van der Waals surface area contributed by atoms with Gasteiger partial charge in [-0.2, -0.15) is 0 Å². The predicted molar refractivity (Wildman–Crippen MR) is 126 cm³/mol. The molecule has 0 saturated heterocycles. The van der Waals surface area contributed by atoms with Crippen LogP contribution in [0, 0.1) is 0 Å². The van der Waals surface area contributed by atoms with E-state index >= 15 is 0 Å². The van der Waals surface area contributed by atoms with E-state index in [4.69, 9.17) is 9.47 Å². The van der Waals surface area contributed by atoms with Gasteiger partial charge in [0, 0.05) is 25.2 Å². The zero-order valence-electron chi connectivity index (χ0n) is 19.2. The van der Waals surface area contributed by atoms with Crippen molar-refractivity contribution in [2.45, 2.75) is 33.0 Å². The van der Waals surface area contributed by atoms with E-state index in [-0.39, 0.29) is 18.6 Å². The molecule has 1 unspecified atom stereocenters. The second kappa shape index (κ2) is 13.2. The number of hydrogen-bond acceptors (Lipinski definition) is 5. The van der Waals surface area contributed by atoms with Gasteiger partial charge in [0.1, 0.15) is 11.5 Å². The summed E-state index contributed by atoms with van der Waals surface area (Å²) in [6.07, 6.45) is -0.691. The zero-order chi connectivity index (χ0) is 23.3. The number of benzene rings is 2. The lowest BCUT2D eigenvalue weighted by Crippen LogP contribution is -2.41. The Balaban J connectivity index is 1.85. The number of nitrogens with zero attached hydrogens (tertiary/aromatic N) is 1. The van der Waals surface area contributed by atoms with Crippen LogP contribution in [0.2, 0.25) is 0 Å². The Kier molecular flexibility index (Phi) is 10.3. The number of aliphatic imine (C=N–C) groups is 1. The Bertz CT molecular complexity index is 886.